The number of aryl methyl sites for hydroxylation is 1. The summed E-state index contributed by atoms with van der Waals surface area (Å²) < 4.78 is 0. The van der Waals surface area contributed by atoms with Gasteiger partial charge in [0, 0.05) is 18.8 Å². The maximum absolute atomic E-state index is 12.4. The van der Waals surface area contributed by atoms with E-state index in [1.807, 2.05) is 11.8 Å². The van der Waals surface area contributed by atoms with Crippen molar-refractivity contribution < 1.29 is 4.79 Å². The minimum Gasteiger partial charge on any atom is -0.374 e. The van der Waals surface area contributed by atoms with Crippen LogP contribution in [-0.2, 0) is 11.2 Å². The zero-order valence-corrected chi connectivity index (χ0v) is 12.7. The van der Waals surface area contributed by atoms with Crippen LogP contribution in [0.3, 0.4) is 0 Å². The van der Waals surface area contributed by atoms with E-state index < -0.39 is 0 Å². The maximum atomic E-state index is 12.4. The number of benzene rings is 1. The summed E-state index contributed by atoms with van der Waals surface area (Å²) in [6.07, 6.45) is 5.84. The first-order valence-corrected chi connectivity index (χ1v) is 7.85. The molecule has 20 heavy (non-hydrogen) atoms. The van der Waals surface area contributed by atoms with Crippen LogP contribution in [0, 0.1) is 0 Å². The molecule has 1 aromatic carbocycles. The second-order valence-electron chi connectivity index (χ2n) is 5.66. The Balaban J connectivity index is 1.92. The number of hydrogen-bond acceptors (Lipinski definition) is 2. The number of carbonyl (C=O) groups excluding carboxylic acids is 1. The molecule has 110 valence electrons. The van der Waals surface area contributed by atoms with Gasteiger partial charge in [-0.2, -0.15) is 0 Å². The third kappa shape index (κ3) is 3.99. The smallest absolute Gasteiger partial charge is 0.244 e. The molecule has 1 fully saturated rings. The van der Waals surface area contributed by atoms with Crippen molar-refractivity contribution in [3.8, 4) is 0 Å². The molecule has 1 heterocycles. The molecule has 3 nitrogen and oxygen atoms in total. The fourth-order valence-corrected chi connectivity index (χ4v) is 2.71. The van der Waals surface area contributed by atoms with Crippen LogP contribution in [0.15, 0.2) is 24.3 Å². The monoisotopic (exact) mass is 274 g/mol. The molecule has 1 aliphatic rings. The molecule has 2 rings (SSSR count). The molecule has 0 saturated carbocycles. The van der Waals surface area contributed by atoms with E-state index in [9.17, 15) is 4.79 Å². The predicted octanol–water partition coefficient (Wildman–Crippen LogP) is 3.45. The number of rotatable bonds is 4. The molecular weight excluding hydrogens is 248 g/mol. The number of carbonyl (C=O) groups is 1. The molecule has 1 N–H and O–H groups in total. The molecule has 0 spiro atoms. The van der Waals surface area contributed by atoms with Gasteiger partial charge < -0.3 is 10.2 Å². The second kappa shape index (κ2) is 7.32. The van der Waals surface area contributed by atoms with Crippen LogP contribution in [0.2, 0.25) is 0 Å². The molecule has 0 bridgehead atoms. The lowest BCUT2D eigenvalue weighted by atomic mass is 10.1. The second-order valence-corrected chi connectivity index (χ2v) is 5.66. The summed E-state index contributed by atoms with van der Waals surface area (Å²) in [5.41, 5.74) is 2.35. The summed E-state index contributed by atoms with van der Waals surface area (Å²) in [6, 6.07) is 8.20. The highest BCUT2D eigenvalue weighted by Crippen LogP contribution is 2.14. The summed E-state index contributed by atoms with van der Waals surface area (Å²) >= 11 is 0. The van der Waals surface area contributed by atoms with Gasteiger partial charge in [0.25, 0.3) is 0 Å². The molecule has 1 aliphatic heterocycles. The first kappa shape index (κ1) is 14.9. The van der Waals surface area contributed by atoms with E-state index in [1.54, 1.807) is 0 Å². The third-order valence-electron chi connectivity index (χ3n) is 4.03. The first-order chi connectivity index (χ1) is 9.70. The summed E-state index contributed by atoms with van der Waals surface area (Å²) in [5.74, 6) is 0.228. The van der Waals surface area contributed by atoms with E-state index in [-0.39, 0.29) is 11.9 Å². The molecule has 1 atom stereocenters. The summed E-state index contributed by atoms with van der Waals surface area (Å²) in [5, 5.41) is 3.32. The molecule has 3 heteroatoms. The van der Waals surface area contributed by atoms with Gasteiger partial charge in [0.15, 0.2) is 0 Å². The van der Waals surface area contributed by atoms with Crippen LogP contribution < -0.4 is 5.32 Å². The Morgan fingerprint density at radius 1 is 1.15 bits per heavy atom. The minimum absolute atomic E-state index is 0.152. The van der Waals surface area contributed by atoms with Crippen LogP contribution in [0.25, 0.3) is 0 Å². The number of anilines is 1. The first-order valence-electron chi connectivity index (χ1n) is 7.85. The van der Waals surface area contributed by atoms with Crippen molar-refractivity contribution in [1.29, 1.82) is 0 Å². The van der Waals surface area contributed by atoms with Crippen LogP contribution >= 0.6 is 0 Å². The van der Waals surface area contributed by atoms with E-state index >= 15 is 0 Å². The topological polar surface area (TPSA) is 32.3 Å². The Hall–Kier alpha value is -1.51. The Morgan fingerprint density at radius 2 is 1.75 bits per heavy atom. The molecule has 0 radical (unpaired) electrons. The zero-order valence-electron chi connectivity index (χ0n) is 12.7. The maximum Gasteiger partial charge on any atom is 0.244 e. The lowest BCUT2D eigenvalue weighted by Crippen LogP contribution is -2.41. The van der Waals surface area contributed by atoms with Gasteiger partial charge in [-0.25, -0.2) is 0 Å². The Bertz CT molecular complexity index is 419. The van der Waals surface area contributed by atoms with Crippen molar-refractivity contribution >= 4 is 11.6 Å². The highest BCUT2D eigenvalue weighted by molar-refractivity contribution is 5.84. The van der Waals surface area contributed by atoms with Crippen molar-refractivity contribution in [3.05, 3.63) is 29.8 Å². The molecule has 0 aromatic heterocycles. The van der Waals surface area contributed by atoms with Crippen molar-refractivity contribution in [1.82, 2.24) is 4.90 Å². The number of amides is 1. The summed E-state index contributed by atoms with van der Waals surface area (Å²) in [7, 11) is 0. The van der Waals surface area contributed by atoms with Gasteiger partial charge in [-0.05, 0) is 43.9 Å². The molecule has 0 aliphatic carbocycles. The third-order valence-corrected chi connectivity index (χ3v) is 4.03. The zero-order chi connectivity index (χ0) is 14.4. The van der Waals surface area contributed by atoms with Crippen molar-refractivity contribution in [2.75, 3.05) is 18.4 Å². The number of hydrogen-bond donors (Lipinski definition) is 1. The van der Waals surface area contributed by atoms with E-state index in [2.05, 4.69) is 36.5 Å². The van der Waals surface area contributed by atoms with Gasteiger partial charge in [-0.3, -0.25) is 4.79 Å². The van der Waals surface area contributed by atoms with Gasteiger partial charge in [0.1, 0.15) is 6.04 Å². The summed E-state index contributed by atoms with van der Waals surface area (Å²) in [4.78, 5) is 14.5. The number of nitrogens with one attached hydrogen (secondary N) is 1. The Labute approximate surface area is 122 Å². The largest absolute Gasteiger partial charge is 0.374 e. The van der Waals surface area contributed by atoms with Crippen LogP contribution in [0.1, 0.15) is 45.1 Å². The normalized spacial score (nSPS) is 17.4. The van der Waals surface area contributed by atoms with Crippen molar-refractivity contribution in [3.63, 3.8) is 0 Å². The van der Waals surface area contributed by atoms with E-state index in [0.717, 1.165) is 38.0 Å². The quantitative estimate of drug-likeness (QED) is 0.912. The van der Waals surface area contributed by atoms with E-state index in [4.69, 9.17) is 0 Å². The van der Waals surface area contributed by atoms with Gasteiger partial charge in [0.2, 0.25) is 5.91 Å². The minimum atomic E-state index is -0.152. The fourth-order valence-electron chi connectivity index (χ4n) is 2.71. The van der Waals surface area contributed by atoms with Crippen LogP contribution in [0.4, 0.5) is 5.69 Å². The van der Waals surface area contributed by atoms with Crippen LogP contribution in [-0.4, -0.2) is 29.9 Å². The van der Waals surface area contributed by atoms with Gasteiger partial charge in [-0.15, -0.1) is 0 Å². The highest BCUT2D eigenvalue weighted by atomic mass is 16.2. The Morgan fingerprint density at radius 3 is 2.30 bits per heavy atom. The molecule has 1 saturated heterocycles. The molecule has 1 amide bonds. The van der Waals surface area contributed by atoms with Gasteiger partial charge in [-0.1, -0.05) is 31.9 Å². The molecular formula is C17H26N2O. The van der Waals surface area contributed by atoms with E-state index in [0.29, 0.717) is 0 Å². The van der Waals surface area contributed by atoms with Gasteiger partial charge in [0.05, 0.1) is 0 Å². The lowest BCUT2D eigenvalue weighted by molar-refractivity contribution is -0.131. The molecule has 1 aromatic rings. The van der Waals surface area contributed by atoms with Gasteiger partial charge >= 0.3 is 0 Å². The van der Waals surface area contributed by atoms with Crippen LogP contribution in [0.5, 0.6) is 0 Å². The van der Waals surface area contributed by atoms with E-state index in [1.165, 1.54) is 18.4 Å². The molecule has 1 unspecified atom stereocenters. The number of likely N-dealkylation sites (tertiary alicyclic amines) is 1. The SMILES string of the molecule is CCc1ccc(NC(C)C(=O)N2CCCCCC2)cc1. The standard InChI is InChI=1S/C17H26N2O/c1-3-15-8-10-16(11-9-15)18-14(2)17(20)19-12-6-4-5-7-13-19/h8-11,14,18H,3-7,12-13H2,1-2H3. The van der Waals surface area contributed by atoms with Crippen molar-refractivity contribution in [2.45, 2.75) is 52.0 Å². The Kier molecular flexibility index (Phi) is 5.45. The predicted molar refractivity (Wildman–Crippen MR) is 84.0 cm³/mol. The summed E-state index contributed by atoms with van der Waals surface area (Å²) in [6.45, 7) is 5.94. The fraction of sp³-hybridized carbons (Fsp3) is 0.588. The lowest BCUT2D eigenvalue weighted by Gasteiger charge is -2.25. The highest BCUT2D eigenvalue weighted by Gasteiger charge is 2.21. The average molecular weight is 274 g/mol. The van der Waals surface area contributed by atoms with Crippen molar-refractivity contribution in [2.24, 2.45) is 0 Å². The average Bonchev–Trinajstić information content (AvgIpc) is 2.76. The number of nitrogens with zero attached hydrogens (tertiary/aromatic N) is 1.